The molecule has 1 aromatic rings. The molecule has 0 bridgehead atoms. The first-order valence-electron chi connectivity index (χ1n) is 5.86. The molecular weight excluding hydrogens is 255 g/mol. The highest BCUT2D eigenvalue weighted by Gasteiger charge is 2.44. The van der Waals surface area contributed by atoms with Crippen LogP contribution in [0, 0.1) is 21.3 Å². The number of nitro benzene ring substituents is 1. The molecular formula is C12H13FN2O4. The van der Waals surface area contributed by atoms with Gasteiger partial charge in [-0.05, 0) is 18.9 Å². The van der Waals surface area contributed by atoms with Gasteiger partial charge < -0.3 is 10.4 Å². The zero-order valence-electron chi connectivity index (χ0n) is 10.1. The van der Waals surface area contributed by atoms with Gasteiger partial charge in [0.2, 0.25) is 0 Å². The first-order chi connectivity index (χ1) is 8.94. The third-order valence-corrected chi connectivity index (χ3v) is 3.54. The molecule has 7 heteroatoms. The van der Waals surface area contributed by atoms with Crippen LogP contribution in [0.3, 0.4) is 0 Å². The van der Waals surface area contributed by atoms with E-state index in [2.05, 4.69) is 5.32 Å². The number of aliphatic carboxylic acids is 1. The number of nitrogens with one attached hydrogen (secondary N) is 1. The number of benzene rings is 1. The van der Waals surface area contributed by atoms with Crippen LogP contribution in [0.25, 0.3) is 0 Å². The number of rotatable bonds is 5. The van der Waals surface area contributed by atoms with Crippen molar-refractivity contribution < 1.29 is 19.2 Å². The lowest BCUT2D eigenvalue weighted by Gasteiger charge is -2.37. The molecule has 0 spiro atoms. The van der Waals surface area contributed by atoms with Gasteiger partial charge in [0.25, 0.3) is 5.69 Å². The molecule has 1 aliphatic carbocycles. The average Bonchev–Trinajstić information content (AvgIpc) is 2.26. The summed E-state index contributed by atoms with van der Waals surface area (Å²) >= 11 is 0. The van der Waals surface area contributed by atoms with Crippen LogP contribution in [0.4, 0.5) is 15.8 Å². The number of nitrogens with zero attached hydrogens (tertiary/aromatic N) is 1. The number of carbonyl (C=O) groups is 1. The topological polar surface area (TPSA) is 92.5 Å². The van der Waals surface area contributed by atoms with Gasteiger partial charge in [-0.25, -0.2) is 4.39 Å². The summed E-state index contributed by atoms with van der Waals surface area (Å²) in [6, 6.07) is 3.07. The van der Waals surface area contributed by atoms with E-state index < -0.39 is 22.1 Å². The van der Waals surface area contributed by atoms with Crippen molar-refractivity contribution in [2.24, 2.45) is 5.41 Å². The molecule has 1 fully saturated rings. The van der Waals surface area contributed by atoms with Crippen molar-refractivity contribution in [1.29, 1.82) is 0 Å². The van der Waals surface area contributed by atoms with Crippen molar-refractivity contribution in [1.82, 2.24) is 0 Å². The van der Waals surface area contributed by atoms with E-state index in [0.29, 0.717) is 12.8 Å². The fourth-order valence-electron chi connectivity index (χ4n) is 2.14. The monoisotopic (exact) mass is 268 g/mol. The molecule has 102 valence electrons. The molecule has 1 aromatic carbocycles. The minimum atomic E-state index is -0.926. The van der Waals surface area contributed by atoms with Crippen LogP contribution in [0.15, 0.2) is 18.2 Å². The maximum Gasteiger partial charge on any atom is 0.311 e. The zero-order valence-corrected chi connectivity index (χ0v) is 10.1. The Morgan fingerprint density at radius 1 is 1.53 bits per heavy atom. The Hall–Kier alpha value is -2.18. The average molecular weight is 268 g/mol. The van der Waals surface area contributed by atoms with Gasteiger partial charge in [0, 0.05) is 18.7 Å². The van der Waals surface area contributed by atoms with Crippen LogP contribution >= 0.6 is 0 Å². The number of hydrogen-bond acceptors (Lipinski definition) is 4. The Morgan fingerprint density at radius 2 is 2.21 bits per heavy atom. The van der Waals surface area contributed by atoms with E-state index in [1.54, 1.807) is 0 Å². The second-order valence-corrected chi connectivity index (χ2v) is 4.71. The summed E-state index contributed by atoms with van der Waals surface area (Å²) in [5.41, 5.74) is -1.14. The lowest BCUT2D eigenvalue weighted by molar-refractivity contribution is -0.384. The number of anilines is 1. The fourth-order valence-corrected chi connectivity index (χ4v) is 2.14. The Balaban J connectivity index is 2.17. The number of carboxylic acids is 1. The molecule has 0 radical (unpaired) electrons. The third-order valence-electron chi connectivity index (χ3n) is 3.54. The first-order valence-corrected chi connectivity index (χ1v) is 5.86. The normalized spacial score (nSPS) is 16.5. The van der Waals surface area contributed by atoms with Gasteiger partial charge >= 0.3 is 5.97 Å². The predicted octanol–water partition coefficient (Wildman–Crippen LogP) is 2.40. The Labute approximate surface area is 108 Å². The molecule has 1 saturated carbocycles. The lowest BCUT2D eigenvalue weighted by atomic mass is 9.69. The molecule has 2 N–H and O–H groups in total. The molecule has 0 saturated heterocycles. The van der Waals surface area contributed by atoms with Crippen LogP contribution in [-0.2, 0) is 4.79 Å². The Bertz CT molecular complexity index is 528. The van der Waals surface area contributed by atoms with Crippen LogP contribution in [0.5, 0.6) is 0 Å². The molecule has 2 rings (SSSR count). The molecule has 0 heterocycles. The van der Waals surface area contributed by atoms with E-state index in [1.807, 2.05) is 0 Å². The molecule has 0 unspecified atom stereocenters. The summed E-state index contributed by atoms with van der Waals surface area (Å²) in [7, 11) is 0. The SMILES string of the molecule is O=C(O)C1(CNc2cc(F)ccc2[N+](=O)[O-])CCC1. The first kappa shape index (κ1) is 13.3. The van der Waals surface area contributed by atoms with Gasteiger partial charge in [-0.1, -0.05) is 6.42 Å². The quantitative estimate of drug-likeness (QED) is 0.631. The summed E-state index contributed by atoms with van der Waals surface area (Å²) < 4.78 is 13.1. The predicted molar refractivity (Wildman–Crippen MR) is 65.5 cm³/mol. The zero-order chi connectivity index (χ0) is 14.0. The molecule has 19 heavy (non-hydrogen) atoms. The number of nitro groups is 1. The van der Waals surface area contributed by atoms with Crippen molar-refractivity contribution >= 4 is 17.3 Å². The van der Waals surface area contributed by atoms with Crippen molar-refractivity contribution in [2.75, 3.05) is 11.9 Å². The van der Waals surface area contributed by atoms with E-state index in [4.69, 9.17) is 5.11 Å². The van der Waals surface area contributed by atoms with E-state index in [1.165, 1.54) is 0 Å². The van der Waals surface area contributed by atoms with Gasteiger partial charge in [0.1, 0.15) is 11.5 Å². The third kappa shape index (κ3) is 2.49. The summed E-state index contributed by atoms with van der Waals surface area (Å²) in [5, 5.41) is 22.6. The summed E-state index contributed by atoms with van der Waals surface area (Å²) in [6.45, 7) is 0.0621. The minimum Gasteiger partial charge on any atom is -0.481 e. The molecule has 0 aliphatic heterocycles. The molecule has 0 aromatic heterocycles. The van der Waals surface area contributed by atoms with E-state index in [0.717, 1.165) is 24.6 Å². The van der Waals surface area contributed by atoms with E-state index in [9.17, 15) is 19.3 Å². The van der Waals surface area contributed by atoms with Crippen LogP contribution < -0.4 is 5.32 Å². The smallest absolute Gasteiger partial charge is 0.311 e. The maximum absolute atomic E-state index is 13.1. The molecule has 0 atom stereocenters. The minimum absolute atomic E-state index is 0.0116. The van der Waals surface area contributed by atoms with Gasteiger partial charge in [0.15, 0.2) is 0 Å². The molecule has 1 aliphatic rings. The molecule has 0 amide bonds. The van der Waals surface area contributed by atoms with Crippen molar-refractivity contribution in [3.63, 3.8) is 0 Å². The van der Waals surface area contributed by atoms with Gasteiger partial charge in [0.05, 0.1) is 10.3 Å². The Kier molecular flexibility index (Phi) is 3.37. The second-order valence-electron chi connectivity index (χ2n) is 4.71. The van der Waals surface area contributed by atoms with Crippen LogP contribution in [-0.4, -0.2) is 22.5 Å². The van der Waals surface area contributed by atoms with E-state index >= 15 is 0 Å². The summed E-state index contributed by atoms with van der Waals surface area (Å²) in [4.78, 5) is 21.3. The van der Waals surface area contributed by atoms with Crippen LogP contribution in [0.2, 0.25) is 0 Å². The molecule has 6 nitrogen and oxygen atoms in total. The largest absolute Gasteiger partial charge is 0.481 e. The standard InChI is InChI=1S/C12H13FN2O4/c13-8-2-3-10(15(18)19)9(6-8)14-7-12(11(16)17)4-1-5-12/h2-3,6,14H,1,4-5,7H2,(H,16,17). The number of carboxylic acid groups (broad SMARTS) is 1. The lowest BCUT2D eigenvalue weighted by Crippen LogP contribution is -2.43. The van der Waals surface area contributed by atoms with Gasteiger partial charge in [-0.2, -0.15) is 0 Å². The maximum atomic E-state index is 13.1. The summed E-state index contributed by atoms with van der Waals surface area (Å²) in [6.07, 6.45) is 1.87. The van der Waals surface area contributed by atoms with Crippen molar-refractivity contribution in [3.8, 4) is 0 Å². The fraction of sp³-hybridized carbons (Fsp3) is 0.417. The highest BCUT2D eigenvalue weighted by Crippen LogP contribution is 2.41. The van der Waals surface area contributed by atoms with Gasteiger partial charge in [-0.3, -0.25) is 14.9 Å². The van der Waals surface area contributed by atoms with Gasteiger partial charge in [-0.15, -0.1) is 0 Å². The number of halogens is 1. The van der Waals surface area contributed by atoms with Crippen molar-refractivity contribution in [3.05, 3.63) is 34.1 Å². The van der Waals surface area contributed by atoms with Crippen molar-refractivity contribution in [2.45, 2.75) is 19.3 Å². The highest BCUT2D eigenvalue weighted by atomic mass is 19.1. The number of hydrogen-bond donors (Lipinski definition) is 2. The second kappa shape index (κ2) is 4.83. The van der Waals surface area contributed by atoms with Crippen LogP contribution in [0.1, 0.15) is 19.3 Å². The Morgan fingerprint density at radius 3 is 2.68 bits per heavy atom. The van der Waals surface area contributed by atoms with E-state index in [-0.39, 0.29) is 17.9 Å². The summed E-state index contributed by atoms with van der Waals surface area (Å²) in [5.74, 6) is -1.53. The highest BCUT2D eigenvalue weighted by molar-refractivity contribution is 5.77.